The van der Waals surface area contributed by atoms with Crippen molar-refractivity contribution in [2.45, 2.75) is 19.3 Å². The third-order valence-electron chi connectivity index (χ3n) is 2.78. The fourth-order valence-corrected chi connectivity index (χ4v) is 1.98. The summed E-state index contributed by atoms with van der Waals surface area (Å²) in [4.78, 5) is 8.72. The topological polar surface area (TPSA) is 37.8 Å². The van der Waals surface area contributed by atoms with Crippen LogP contribution in [0.4, 0.5) is 5.82 Å². The van der Waals surface area contributed by atoms with Gasteiger partial charge in [-0.3, -0.25) is 0 Å². The molecule has 0 fully saturated rings. The number of unbranched alkanes of at least 4 members (excludes halogenated alkanes) is 2. The van der Waals surface area contributed by atoms with Gasteiger partial charge in [0.15, 0.2) is 5.82 Å². The van der Waals surface area contributed by atoms with Crippen LogP contribution >= 0.6 is 11.6 Å². The maximum Gasteiger partial charge on any atom is 0.163 e. The predicted octanol–water partition coefficient (Wildman–Crippen LogP) is 4.01. The first kappa shape index (κ1) is 14.4. The van der Waals surface area contributed by atoms with Crippen LogP contribution < -0.4 is 5.32 Å². The number of nitrogens with one attached hydrogen (secondary N) is 1. The van der Waals surface area contributed by atoms with Gasteiger partial charge in [-0.05, 0) is 12.8 Å². The molecule has 0 unspecified atom stereocenters. The zero-order valence-corrected chi connectivity index (χ0v) is 11.9. The lowest BCUT2D eigenvalue weighted by atomic mass is 10.2. The van der Waals surface area contributed by atoms with E-state index in [9.17, 15) is 0 Å². The minimum atomic E-state index is 0.435. The first-order valence-corrected chi connectivity index (χ1v) is 6.95. The van der Waals surface area contributed by atoms with Gasteiger partial charge in [0, 0.05) is 24.6 Å². The van der Waals surface area contributed by atoms with Gasteiger partial charge in [-0.2, -0.15) is 0 Å². The standard InChI is InChI=1S/C16H16ClN3/c1-2-3-4-8-11-18-15-12-14(17)19-16(20-15)13-9-6-5-7-10-13/h1,5-7,9-10,12H,3-4,8,11H2,(H,18,19,20). The second-order valence-corrected chi connectivity index (χ2v) is 4.74. The van der Waals surface area contributed by atoms with Crippen LogP contribution in [-0.2, 0) is 0 Å². The molecule has 2 aromatic rings. The highest BCUT2D eigenvalue weighted by atomic mass is 35.5. The lowest BCUT2D eigenvalue weighted by Gasteiger charge is -2.07. The van der Waals surface area contributed by atoms with Crippen molar-refractivity contribution in [3.63, 3.8) is 0 Å². The van der Waals surface area contributed by atoms with Gasteiger partial charge < -0.3 is 5.32 Å². The highest BCUT2D eigenvalue weighted by molar-refractivity contribution is 6.29. The Labute approximate surface area is 124 Å². The molecule has 0 amide bonds. The molecule has 0 saturated carbocycles. The lowest BCUT2D eigenvalue weighted by molar-refractivity contribution is 0.787. The predicted molar refractivity (Wildman–Crippen MR) is 83.7 cm³/mol. The third kappa shape index (κ3) is 4.25. The lowest BCUT2D eigenvalue weighted by Crippen LogP contribution is -2.04. The second-order valence-electron chi connectivity index (χ2n) is 4.35. The first-order valence-electron chi connectivity index (χ1n) is 6.57. The number of aromatic nitrogens is 2. The molecule has 0 spiro atoms. The fourth-order valence-electron chi connectivity index (χ4n) is 1.79. The van der Waals surface area contributed by atoms with Gasteiger partial charge in [-0.1, -0.05) is 41.9 Å². The van der Waals surface area contributed by atoms with Crippen molar-refractivity contribution in [2.24, 2.45) is 0 Å². The van der Waals surface area contributed by atoms with Crippen LogP contribution in [-0.4, -0.2) is 16.5 Å². The smallest absolute Gasteiger partial charge is 0.163 e. The molecule has 0 saturated heterocycles. The van der Waals surface area contributed by atoms with Crippen LogP contribution in [0.1, 0.15) is 19.3 Å². The van der Waals surface area contributed by atoms with E-state index >= 15 is 0 Å². The maximum atomic E-state index is 6.04. The summed E-state index contributed by atoms with van der Waals surface area (Å²) < 4.78 is 0. The summed E-state index contributed by atoms with van der Waals surface area (Å²) >= 11 is 6.04. The molecule has 1 aromatic carbocycles. The van der Waals surface area contributed by atoms with Crippen LogP contribution in [0.25, 0.3) is 11.4 Å². The van der Waals surface area contributed by atoms with E-state index in [2.05, 4.69) is 21.2 Å². The van der Waals surface area contributed by atoms with Gasteiger partial charge in [0.05, 0.1) is 0 Å². The summed E-state index contributed by atoms with van der Waals surface area (Å²) in [6.07, 6.45) is 8.04. The van der Waals surface area contributed by atoms with E-state index in [1.165, 1.54) is 0 Å². The van der Waals surface area contributed by atoms with Crippen LogP contribution in [0.2, 0.25) is 5.15 Å². The van der Waals surface area contributed by atoms with Crippen molar-refractivity contribution in [3.8, 4) is 23.7 Å². The third-order valence-corrected chi connectivity index (χ3v) is 2.97. The number of hydrogen-bond acceptors (Lipinski definition) is 3. The minimum Gasteiger partial charge on any atom is -0.370 e. The van der Waals surface area contributed by atoms with Gasteiger partial charge in [-0.15, -0.1) is 12.3 Å². The largest absolute Gasteiger partial charge is 0.370 e. The van der Waals surface area contributed by atoms with E-state index in [0.717, 1.165) is 37.2 Å². The van der Waals surface area contributed by atoms with Crippen molar-refractivity contribution in [1.82, 2.24) is 9.97 Å². The quantitative estimate of drug-likeness (QED) is 0.495. The second kappa shape index (κ2) is 7.52. The number of terminal acetylenes is 1. The maximum absolute atomic E-state index is 6.04. The van der Waals surface area contributed by atoms with Crippen molar-refractivity contribution < 1.29 is 0 Å². The summed E-state index contributed by atoms with van der Waals surface area (Å²) in [6, 6.07) is 11.5. The van der Waals surface area contributed by atoms with E-state index in [0.29, 0.717) is 11.0 Å². The Bertz CT molecular complexity index is 590. The highest BCUT2D eigenvalue weighted by Crippen LogP contribution is 2.19. The van der Waals surface area contributed by atoms with Crippen LogP contribution in [0.15, 0.2) is 36.4 Å². The Kier molecular flexibility index (Phi) is 5.40. The van der Waals surface area contributed by atoms with Crippen molar-refractivity contribution >= 4 is 17.4 Å². The molecule has 4 heteroatoms. The van der Waals surface area contributed by atoms with E-state index in [-0.39, 0.29) is 0 Å². The first-order chi connectivity index (χ1) is 9.79. The molecule has 0 aliphatic heterocycles. The Hall–Kier alpha value is -2.05. The highest BCUT2D eigenvalue weighted by Gasteiger charge is 2.05. The molecule has 0 aliphatic carbocycles. The van der Waals surface area contributed by atoms with E-state index in [1.807, 2.05) is 30.3 Å². The SMILES string of the molecule is C#CCCCCNc1cc(Cl)nc(-c2ccccc2)n1. The Balaban J connectivity index is 2.04. The zero-order valence-electron chi connectivity index (χ0n) is 11.1. The van der Waals surface area contributed by atoms with E-state index < -0.39 is 0 Å². The normalized spacial score (nSPS) is 10.0. The van der Waals surface area contributed by atoms with E-state index in [1.54, 1.807) is 6.07 Å². The summed E-state index contributed by atoms with van der Waals surface area (Å²) in [5.74, 6) is 4.00. The average Bonchev–Trinajstić information content (AvgIpc) is 2.47. The molecule has 1 N–H and O–H groups in total. The number of hydrogen-bond donors (Lipinski definition) is 1. The Morgan fingerprint density at radius 3 is 2.70 bits per heavy atom. The number of anilines is 1. The van der Waals surface area contributed by atoms with Gasteiger partial charge in [0.25, 0.3) is 0 Å². The van der Waals surface area contributed by atoms with Crippen molar-refractivity contribution in [1.29, 1.82) is 0 Å². The molecular weight excluding hydrogens is 270 g/mol. The van der Waals surface area contributed by atoms with Crippen LogP contribution in [0, 0.1) is 12.3 Å². The number of nitrogens with zero attached hydrogens (tertiary/aromatic N) is 2. The Morgan fingerprint density at radius 2 is 1.95 bits per heavy atom. The molecule has 0 aliphatic rings. The van der Waals surface area contributed by atoms with Gasteiger partial charge in [-0.25, -0.2) is 9.97 Å². The molecule has 102 valence electrons. The minimum absolute atomic E-state index is 0.435. The van der Waals surface area contributed by atoms with Crippen molar-refractivity contribution in [2.75, 3.05) is 11.9 Å². The Morgan fingerprint density at radius 1 is 1.15 bits per heavy atom. The molecule has 0 bridgehead atoms. The molecule has 1 aromatic heterocycles. The molecule has 0 atom stereocenters. The summed E-state index contributed by atoms with van der Waals surface area (Å²) in [7, 11) is 0. The van der Waals surface area contributed by atoms with Gasteiger partial charge in [0.2, 0.25) is 0 Å². The fraction of sp³-hybridized carbons (Fsp3) is 0.250. The number of halogens is 1. The monoisotopic (exact) mass is 285 g/mol. The van der Waals surface area contributed by atoms with Crippen LogP contribution in [0.3, 0.4) is 0 Å². The molecule has 1 heterocycles. The molecule has 0 radical (unpaired) electrons. The van der Waals surface area contributed by atoms with Gasteiger partial charge in [0.1, 0.15) is 11.0 Å². The van der Waals surface area contributed by atoms with Crippen LogP contribution in [0.5, 0.6) is 0 Å². The molecular formula is C16H16ClN3. The van der Waals surface area contributed by atoms with E-state index in [4.69, 9.17) is 18.0 Å². The zero-order chi connectivity index (χ0) is 14.2. The molecule has 2 rings (SSSR count). The summed E-state index contributed by atoms with van der Waals surface area (Å²) in [5, 5.41) is 3.69. The van der Waals surface area contributed by atoms with Gasteiger partial charge >= 0.3 is 0 Å². The molecule has 20 heavy (non-hydrogen) atoms. The average molecular weight is 286 g/mol. The summed E-state index contributed by atoms with van der Waals surface area (Å²) in [5.41, 5.74) is 0.949. The van der Waals surface area contributed by atoms with Crippen molar-refractivity contribution in [3.05, 3.63) is 41.6 Å². The number of benzene rings is 1. The molecule has 3 nitrogen and oxygen atoms in total. The summed E-state index contributed by atoms with van der Waals surface area (Å²) in [6.45, 7) is 0.823. The number of rotatable bonds is 6.